The van der Waals surface area contributed by atoms with Crippen LogP contribution in [0.25, 0.3) is 0 Å². The van der Waals surface area contributed by atoms with Crippen molar-refractivity contribution in [1.29, 1.82) is 0 Å². The number of nitrogens with two attached hydrogens (primary N) is 1. The molecule has 1 amide bonds. The lowest BCUT2D eigenvalue weighted by atomic mass is 9.99. The molecule has 0 spiro atoms. The SMILES string of the molecule is CCCC(N)CC(=O)N1CCN2CCCCC2C1. The number of hydrogen-bond donors (Lipinski definition) is 1. The van der Waals surface area contributed by atoms with Gasteiger partial charge in [0.05, 0.1) is 0 Å². The van der Waals surface area contributed by atoms with Gasteiger partial charge in [0.1, 0.15) is 0 Å². The van der Waals surface area contributed by atoms with Gasteiger partial charge >= 0.3 is 0 Å². The first-order valence-corrected chi connectivity index (χ1v) is 7.48. The molecule has 0 aromatic carbocycles. The predicted molar refractivity (Wildman–Crippen MR) is 73.3 cm³/mol. The molecule has 0 aliphatic carbocycles. The molecule has 2 aliphatic heterocycles. The standard InChI is InChI=1S/C14H27N3O/c1-2-5-12(15)10-14(18)17-9-8-16-7-4-3-6-13(16)11-17/h12-13H,2-11,15H2,1H3. The Labute approximate surface area is 110 Å². The van der Waals surface area contributed by atoms with E-state index in [1.807, 2.05) is 4.90 Å². The van der Waals surface area contributed by atoms with Crippen LogP contribution in [0.2, 0.25) is 0 Å². The molecule has 4 nitrogen and oxygen atoms in total. The van der Waals surface area contributed by atoms with Crippen molar-refractivity contribution < 1.29 is 4.79 Å². The summed E-state index contributed by atoms with van der Waals surface area (Å²) in [7, 11) is 0. The maximum atomic E-state index is 12.2. The van der Waals surface area contributed by atoms with Crippen LogP contribution in [0, 0.1) is 0 Å². The zero-order valence-electron chi connectivity index (χ0n) is 11.6. The molecular weight excluding hydrogens is 226 g/mol. The second-order valence-corrected chi connectivity index (χ2v) is 5.78. The first kappa shape index (κ1) is 13.8. The Hall–Kier alpha value is -0.610. The van der Waals surface area contributed by atoms with E-state index in [2.05, 4.69) is 11.8 Å². The molecule has 2 aliphatic rings. The number of nitrogens with zero attached hydrogens (tertiary/aromatic N) is 2. The fourth-order valence-electron chi connectivity index (χ4n) is 3.21. The fraction of sp³-hybridized carbons (Fsp3) is 0.929. The normalized spacial score (nSPS) is 26.8. The fourth-order valence-corrected chi connectivity index (χ4v) is 3.21. The quantitative estimate of drug-likeness (QED) is 0.819. The molecule has 2 heterocycles. The van der Waals surface area contributed by atoms with E-state index in [9.17, 15) is 4.79 Å². The van der Waals surface area contributed by atoms with E-state index in [0.29, 0.717) is 12.5 Å². The highest BCUT2D eigenvalue weighted by Crippen LogP contribution is 2.21. The van der Waals surface area contributed by atoms with E-state index in [1.54, 1.807) is 0 Å². The van der Waals surface area contributed by atoms with Crippen molar-refractivity contribution in [3.05, 3.63) is 0 Å². The molecule has 2 atom stereocenters. The van der Waals surface area contributed by atoms with E-state index in [1.165, 1.54) is 25.8 Å². The smallest absolute Gasteiger partial charge is 0.224 e. The van der Waals surface area contributed by atoms with Gasteiger partial charge in [0.15, 0.2) is 0 Å². The van der Waals surface area contributed by atoms with Gasteiger partial charge in [-0.05, 0) is 25.8 Å². The molecule has 2 unspecified atom stereocenters. The minimum Gasteiger partial charge on any atom is -0.340 e. The Kier molecular flexibility index (Phi) is 5.01. The number of fused-ring (bicyclic) bond motifs is 1. The van der Waals surface area contributed by atoms with Crippen LogP contribution >= 0.6 is 0 Å². The van der Waals surface area contributed by atoms with Crippen LogP contribution < -0.4 is 5.73 Å². The highest BCUT2D eigenvalue weighted by atomic mass is 16.2. The zero-order valence-corrected chi connectivity index (χ0v) is 11.6. The molecule has 2 fully saturated rings. The number of rotatable bonds is 4. The highest BCUT2D eigenvalue weighted by molar-refractivity contribution is 5.77. The Morgan fingerprint density at radius 3 is 2.94 bits per heavy atom. The number of piperazine rings is 1. The Morgan fingerprint density at radius 2 is 2.17 bits per heavy atom. The van der Waals surface area contributed by atoms with Crippen LogP contribution in [0.4, 0.5) is 0 Å². The maximum Gasteiger partial charge on any atom is 0.224 e. The summed E-state index contributed by atoms with van der Waals surface area (Å²) in [5.74, 6) is 0.265. The number of carbonyl (C=O) groups is 1. The number of piperidine rings is 1. The second kappa shape index (κ2) is 6.53. The molecule has 4 heteroatoms. The van der Waals surface area contributed by atoms with Gasteiger partial charge in [-0.25, -0.2) is 0 Å². The van der Waals surface area contributed by atoms with Crippen molar-refractivity contribution in [3.8, 4) is 0 Å². The monoisotopic (exact) mass is 253 g/mol. The summed E-state index contributed by atoms with van der Waals surface area (Å²) in [6.07, 6.45) is 6.44. The van der Waals surface area contributed by atoms with Gasteiger partial charge in [-0.1, -0.05) is 19.8 Å². The molecule has 104 valence electrons. The average molecular weight is 253 g/mol. The number of amides is 1. The van der Waals surface area contributed by atoms with Crippen molar-refractivity contribution in [3.63, 3.8) is 0 Å². The molecule has 2 saturated heterocycles. The van der Waals surface area contributed by atoms with Crippen LogP contribution in [-0.2, 0) is 4.79 Å². The third-order valence-corrected chi connectivity index (χ3v) is 4.29. The lowest BCUT2D eigenvalue weighted by Crippen LogP contribution is -2.56. The summed E-state index contributed by atoms with van der Waals surface area (Å²) in [5, 5.41) is 0. The van der Waals surface area contributed by atoms with E-state index >= 15 is 0 Å². The Morgan fingerprint density at radius 1 is 1.33 bits per heavy atom. The van der Waals surface area contributed by atoms with Crippen LogP contribution in [0.15, 0.2) is 0 Å². The first-order chi connectivity index (χ1) is 8.70. The van der Waals surface area contributed by atoms with E-state index < -0.39 is 0 Å². The largest absolute Gasteiger partial charge is 0.340 e. The summed E-state index contributed by atoms with van der Waals surface area (Å²) < 4.78 is 0. The molecule has 0 saturated carbocycles. The minimum atomic E-state index is 0.0480. The summed E-state index contributed by atoms with van der Waals surface area (Å²) in [5.41, 5.74) is 5.97. The lowest BCUT2D eigenvalue weighted by Gasteiger charge is -2.44. The van der Waals surface area contributed by atoms with Crippen molar-refractivity contribution in [2.24, 2.45) is 5.73 Å². The number of carbonyl (C=O) groups excluding carboxylic acids is 1. The summed E-state index contributed by atoms with van der Waals surface area (Å²) in [6.45, 7) is 6.22. The zero-order chi connectivity index (χ0) is 13.0. The van der Waals surface area contributed by atoms with Crippen LogP contribution in [0.3, 0.4) is 0 Å². The van der Waals surface area contributed by atoms with Gasteiger partial charge in [0, 0.05) is 38.1 Å². The Balaban J connectivity index is 1.81. The van der Waals surface area contributed by atoms with Crippen molar-refractivity contribution >= 4 is 5.91 Å². The van der Waals surface area contributed by atoms with Gasteiger partial charge in [-0.3, -0.25) is 9.69 Å². The highest BCUT2D eigenvalue weighted by Gasteiger charge is 2.31. The predicted octanol–water partition coefficient (Wildman–Crippen LogP) is 1.20. The summed E-state index contributed by atoms with van der Waals surface area (Å²) in [6, 6.07) is 0.658. The van der Waals surface area contributed by atoms with Gasteiger partial charge in [-0.2, -0.15) is 0 Å². The van der Waals surface area contributed by atoms with Crippen LogP contribution in [-0.4, -0.2) is 54.0 Å². The third kappa shape index (κ3) is 3.45. The van der Waals surface area contributed by atoms with Crippen molar-refractivity contribution in [2.45, 2.75) is 57.5 Å². The van der Waals surface area contributed by atoms with Crippen LogP contribution in [0.5, 0.6) is 0 Å². The van der Waals surface area contributed by atoms with Crippen LogP contribution in [0.1, 0.15) is 45.4 Å². The average Bonchev–Trinajstić information content (AvgIpc) is 2.38. The van der Waals surface area contributed by atoms with Gasteiger partial charge < -0.3 is 10.6 Å². The second-order valence-electron chi connectivity index (χ2n) is 5.78. The summed E-state index contributed by atoms with van der Waals surface area (Å²) >= 11 is 0. The first-order valence-electron chi connectivity index (χ1n) is 7.48. The molecule has 2 rings (SSSR count). The van der Waals surface area contributed by atoms with Crippen molar-refractivity contribution in [2.75, 3.05) is 26.2 Å². The molecular formula is C14H27N3O. The molecule has 0 radical (unpaired) electrons. The molecule has 0 aromatic heterocycles. The lowest BCUT2D eigenvalue weighted by molar-refractivity contribution is -0.135. The minimum absolute atomic E-state index is 0.0480. The molecule has 18 heavy (non-hydrogen) atoms. The molecule has 2 N–H and O–H groups in total. The summed E-state index contributed by atoms with van der Waals surface area (Å²) in [4.78, 5) is 16.8. The van der Waals surface area contributed by atoms with E-state index in [4.69, 9.17) is 5.73 Å². The molecule has 0 aromatic rings. The third-order valence-electron chi connectivity index (χ3n) is 4.29. The van der Waals surface area contributed by atoms with Gasteiger partial charge in [-0.15, -0.1) is 0 Å². The van der Waals surface area contributed by atoms with E-state index in [0.717, 1.165) is 32.5 Å². The number of hydrogen-bond acceptors (Lipinski definition) is 3. The maximum absolute atomic E-state index is 12.2. The van der Waals surface area contributed by atoms with E-state index in [-0.39, 0.29) is 11.9 Å². The van der Waals surface area contributed by atoms with Crippen molar-refractivity contribution in [1.82, 2.24) is 9.80 Å². The topological polar surface area (TPSA) is 49.6 Å². The molecule has 0 bridgehead atoms. The van der Waals surface area contributed by atoms with Gasteiger partial charge in [0.25, 0.3) is 0 Å². The van der Waals surface area contributed by atoms with Gasteiger partial charge in [0.2, 0.25) is 5.91 Å². The Bertz CT molecular complexity index is 282.